The van der Waals surface area contributed by atoms with Crippen molar-refractivity contribution in [3.05, 3.63) is 41.6 Å². The lowest BCUT2D eigenvalue weighted by molar-refractivity contribution is -0.137. The van der Waals surface area contributed by atoms with Crippen LogP contribution in [0, 0.1) is 0 Å². The molecule has 1 aromatic carbocycles. The molecule has 1 N–H and O–H groups in total. The zero-order chi connectivity index (χ0) is 25.6. The Kier molecular flexibility index (Phi) is 6.87. The van der Waals surface area contributed by atoms with E-state index < -0.39 is 70.5 Å². The van der Waals surface area contributed by atoms with Gasteiger partial charge in [-0.1, -0.05) is 6.07 Å². The van der Waals surface area contributed by atoms with E-state index >= 15 is 0 Å². The first-order chi connectivity index (χ1) is 15.4. The number of aromatic nitrogens is 2. The van der Waals surface area contributed by atoms with Crippen molar-refractivity contribution < 1.29 is 47.9 Å². The summed E-state index contributed by atoms with van der Waals surface area (Å²) in [4.78, 5) is -0.523. The van der Waals surface area contributed by atoms with Crippen LogP contribution in [0.2, 0.25) is 0 Å². The van der Waals surface area contributed by atoms with Crippen molar-refractivity contribution in [2.24, 2.45) is 0 Å². The predicted octanol–water partition coefficient (Wildman–Crippen LogP) is 4.24. The summed E-state index contributed by atoms with van der Waals surface area (Å²) in [7, 11) is -8.66. The van der Waals surface area contributed by atoms with Gasteiger partial charge in [-0.3, -0.25) is 5.10 Å². The highest BCUT2D eigenvalue weighted by Gasteiger charge is 2.46. The minimum absolute atomic E-state index is 0.0238. The number of aromatic amines is 1. The molecule has 0 aliphatic carbocycles. The number of benzene rings is 1. The molecule has 1 aromatic heterocycles. The van der Waals surface area contributed by atoms with Crippen LogP contribution in [0.4, 0.5) is 26.3 Å². The highest BCUT2D eigenvalue weighted by atomic mass is 32.2. The van der Waals surface area contributed by atoms with Crippen LogP contribution in [-0.4, -0.2) is 50.3 Å². The van der Waals surface area contributed by atoms with Gasteiger partial charge < -0.3 is 4.74 Å². The fourth-order valence-corrected chi connectivity index (χ4v) is 6.57. The van der Waals surface area contributed by atoms with E-state index in [1.165, 1.54) is 6.92 Å². The summed E-state index contributed by atoms with van der Waals surface area (Å²) >= 11 is 0. The minimum atomic E-state index is -4.74. The number of ether oxygens (including phenoxy) is 1. The van der Waals surface area contributed by atoms with Crippen LogP contribution in [0.1, 0.15) is 43.5 Å². The molecule has 2 atom stereocenters. The van der Waals surface area contributed by atoms with Gasteiger partial charge in [-0.25, -0.2) is 16.8 Å². The van der Waals surface area contributed by atoms with E-state index in [-0.39, 0.29) is 25.1 Å². The summed E-state index contributed by atoms with van der Waals surface area (Å²) in [5, 5.41) is 5.24. The molecule has 0 saturated carbocycles. The first kappa shape index (κ1) is 26.5. The fourth-order valence-electron chi connectivity index (χ4n) is 3.53. The molecule has 0 bridgehead atoms. The molecule has 1 aliphatic rings. The van der Waals surface area contributed by atoms with Crippen LogP contribution in [0.3, 0.4) is 0 Å². The first-order valence-corrected chi connectivity index (χ1v) is 13.0. The summed E-state index contributed by atoms with van der Waals surface area (Å²) in [6, 6.07) is 4.32. The van der Waals surface area contributed by atoms with Gasteiger partial charge in [0, 0.05) is 12.7 Å². The van der Waals surface area contributed by atoms with Crippen molar-refractivity contribution in [1.82, 2.24) is 10.2 Å². The van der Waals surface area contributed by atoms with Crippen molar-refractivity contribution in [3.8, 4) is 0 Å². The van der Waals surface area contributed by atoms with E-state index in [0.717, 1.165) is 24.3 Å². The molecule has 7 nitrogen and oxygen atoms in total. The maximum absolute atomic E-state index is 13.3. The van der Waals surface area contributed by atoms with Gasteiger partial charge in [0.25, 0.3) is 0 Å². The second kappa shape index (κ2) is 8.82. The van der Waals surface area contributed by atoms with Crippen LogP contribution < -0.4 is 0 Å². The lowest BCUT2D eigenvalue weighted by atomic mass is 9.95. The molecule has 0 spiro atoms. The Bertz CT molecular complexity index is 1250. The van der Waals surface area contributed by atoms with Gasteiger partial charge in [0.2, 0.25) is 0 Å². The third-order valence-corrected chi connectivity index (χ3v) is 9.71. The molecule has 3 rings (SSSR count). The third kappa shape index (κ3) is 5.57. The van der Waals surface area contributed by atoms with E-state index in [1.807, 2.05) is 0 Å². The van der Waals surface area contributed by atoms with Gasteiger partial charge >= 0.3 is 12.4 Å². The number of sulfone groups is 2. The summed E-state index contributed by atoms with van der Waals surface area (Å²) in [5.74, 6) is -1.21. The summed E-state index contributed by atoms with van der Waals surface area (Å²) in [6.07, 6.45) is -12.3. The number of nitrogens with zero attached hydrogens (tertiary/aromatic N) is 1. The molecule has 34 heavy (non-hydrogen) atoms. The first-order valence-electron chi connectivity index (χ1n) is 9.83. The Hall–Kier alpha value is -2.13. The molecule has 1 aliphatic heterocycles. The number of hydrogen-bond donors (Lipinski definition) is 1. The summed E-state index contributed by atoms with van der Waals surface area (Å²) in [5.41, 5.74) is -1.10. The van der Waals surface area contributed by atoms with Crippen molar-refractivity contribution in [2.45, 2.75) is 59.3 Å². The van der Waals surface area contributed by atoms with E-state index in [1.54, 1.807) is 0 Å². The number of nitrogens with one attached hydrogen (secondary N) is 1. The van der Waals surface area contributed by atoms with Crippen molar-refractivity contribution >= 4 is 19.7 Å². The Morgan fingerprint density at radius 2 is 1.79 bits per heavy atom. The standard InChI is InChI=1S/C19H20F6N2O5S2/c1-17(34(30,31)13-4-2-3-12(9-13)19(23,24)25)5-7-32-15(11-17)14-10-16(27-26-14)33(28,29)8-6-18(20,21)22/h2-4,9-10,15H,5-8,11H2,1H3,(H,26,27). The summed E-state index contributed by atoms with van der Waals surface area (Å²) < 4.78 is 131. The van der Waals surface area contributed by atoms with Crippen molar-refractivity contribution in [1.29, 1.82) is 0 Å². The van der Waals surface area contributed by atoms with E-state index in [2.05, 4.69) is 10.2 Å². The monoisotopic (exact) mass is 534 g/mol. The molecule has 2 aromatic rings. The third-order valence-electron chi connectivity index (χ3n) is 5.58. The van der Waals surface area contributed by atoms with Crippen molar-refractivity contribution in [3.63, 3.8) is 0 Å². The number of alkyl halides is 6. The topological polar surface area (TPSA) is 106 Å². The quantitative estimate of drug-likeness (QED) is 0.556. The Balaban J connectivity index is 1.85. The lowest BCUT2D eigenvalue weighted by Crippen LogP contribution is -2.42. The average Bonchev–Trinajstić information content (AvgIpc) is 3.23. The molecule has 1 fully saturated rings. The van der Waals surface area contributed by atoms with Crippen LogP contribution in [0.5, 0.6) is 0 Å². The van der Waals surface area contributed by atoms with Gasteiger partial charge in [0.15, 0.2) is 24.7 Å². The fraction of sp³-hybridized carbons (Fsp3) is 0.526. The molecule has 190 valence electrons. The highest BCUT2D eigenvalue weighted by Crippen LogP contribution is 2.42. The number of halogens is 6. The molecule has 2 unspecified atom stereocenters. The van der Waals surface area contributed by atoms with Gasteiger partial charge in [0.05, 0.1) is 33.1 Å². The zero-order valence-electron chi connectivity index (χ0n) is 17.6. The van der Waals surface area contributed by atoms with Crippen molar-refractivity contribution in [2.75, 3.05) is 12.4 Å². The number of hydrogen-bond acceptors (Lipinski definition) is 6. The van der Waals surface area contributed by atoms with Crippen LogP contribution in [0.15, 0.2) is 40.3 Å². The highest BCUT2D eigenvalue weighted by molar-refractivity contribution is 7.92. The lowest BCUT2D eigenvalue weighted by Gasteiger charge is -2.37. The largest absolute Gasteiger partial charge is 0.416 e. The Morgan fingerprint density at radius 3 is 2.41 bits per heavy atom. The molecule has 15 heteroatoms. The molecular formula is C19H20F6N2O5S2. The van der Waals surface area contributed by atoms with Gasteiger partial charge in [-0.2, -0.15) is 31.4 Å². The maximum Gasteiger partial charge on any atom is 0.416 e. The second-order valence-electron chi connectivity index (χ2n) is 8.14. The Labute approximate surface area is 191 Å². The predicted molar refractivity (Wildman–Crippen MR) is 106 cm³/mol. The minimum Gasteiger partial charge on any atom is -0.372 e. The number of H-pyrrole nitrogens is 1. The number of rotatable bonds is 6. The smallest absolute Gasteiger partial charge is 0.372 e. The van der Waals surface area contributed by atoms with E-state index in [0.29, 0.717) is 6.07 Å². The van der Waals surface area contributed by atoms with Gasteiger partial charge in [-0.05, 0) is 38.0 Å². The summed E-state index contributed by atoms with van der Waals surface area (Å²) in [6.45, 7) is 1.23. The van der Waals surface area contributed by atoms with Gasteiger partial charge in [0.1, 0.15) is 6.10 Å². The molecule has 1 saturated heterocycles. The molecule has 0 amide bonds. The van der Waals surface area contributed by atoms with E-state index in [4.69, 9.17) is 4.74 Å². The van der Waals surface area contributed by atoms with Crippen LogP contribution in [-0.2, 0) is 30.6 Å². The molecular weight excluding hydrogens is 514 g/mol. The normalized spacial score (nSPS) is 22.6. The molecule has 2 heterocycles. The second-order valence-corrected chi connectivity index (χ2v) is 12.7. The maximum atomic E-state index is 13.3. The van der Waals surface area contributed by atoms with Crippen LogP contribution >= 0.6 is 0 Å². The molecule has 0 radical (unpaired) electrons. The Morgan fingerprint density at radius 1 is 1.12 bits per heavy atom. The van der Waals surface area contributed by atoms with E-state index in [9.17, 15) is 43.2 Å². The van der Waals surface area contributed by atoms with Gasteiger partial charge in [-0.15, -0.1) is 0 Å². The van der Waals surface area contributed by atoms with Crippen LogP contribution in [0.25, 0.3) is 0 Å². The average molecular weight is 535 g/mol. The zero-order valence-corrected chi connectivity index (χ0v) is 19.2. The SMILES string of the molecule is CC1(S(=O)(=O)c2cccc(C(F)(F)F)c2)CCOC(c2cc(S(=O)(=O)CCC(F)(F)F)n[nH]2)C1.